The van der Waals surface area contributed by atoms with Gasteiger partial charge in [-0.3, -0.25) is 0 Å². The molecule has 0 atom stereocenters. The van der Waals surface area contributed by atoms with Gasteiger partial charge >= 0.3 is 0 Å². The van der Waals surface area contributed by atoms with Crippen LogP contribution in [0, 0.1) is 4.91 Å². The van der Waals surface area contributed by atoms with Gasteiger partial charge in [-0.25, -0.2) is 0 Å². The van der Waals surface area contributed by atoms with E-state index in [-0.39, 0.29) is 5.54 Å². The normalized spacial score (nSPS) is 11.9. The first kappa shape index (κ1) is 11.8. The number of aromatic nitrogens is 1. The van der Waals surface area contributed by atoms with Crippen molar-refractivity contribution >= 4 is 16.6 Å². The second-order valence-corrected chi connectivity index (χ2v) is 5.12. The summed E-state index contributed by atoms with van der Waals surface area (Å²) in [4.78, 5) is 10.6. The molecule has 0 fully saturated rings. The van der Waals surface area contributed by atoms with Gasteiger partial charge in [-0.05, 0) is 32.4 Å². The quantitative estimate of drug-likeness (QED) is 0.833. The molecule has 0 aliphatic rings. The number of fused-ring (bicyclic) bond motifs is 1. The van der Waals surface area contributed by atoms with E-state index in [1.165, 1.54) is 0 Å². The summed E-state index contributed by atoms with van der Waals surface area (Å²) in [6.45, 7) is 4.94. The molecule has 0 bridgehead atoms. The second-order valence-electron chi connectivity index (χ2n) is 5.12. The molecular weight excluding hydrogens is 214 g/mol. The molecule has 0 unspecified atom stereocenters. The highest BCUT2D eigenvalue weighted by Crippen LogP contribution is 2.19. The molecule has 4 heteroatoms. The van der Waals surface area contributed by atoms with Crippen molar-refractivity contribution in [2.75, 3.05) is 0 Å². The first-order valence-electron chi connectivity index (χ1n) is 5.75. The lowest BCUT2D eigenvalue weighted by Crippen LogP contribution is -2.55. The van der Waals surface area contributed by atoms with E-state index in [0.717, 1.165) is 23.9 Å². The van der Waals surface area contributed by atoms with Gasteiger partial charge in [-0.2, -0.15) is 0 Å². The van der Waals surface area contributed by atoms with Crippen molar-refractivity contribution in [3.8, 4) is 0 Å². The lowest BCUT2D eigenvalue weighted by Gasteiger charge is -2.18. The smallest absolute Gasteiger partial charge is 0.254 e. The fourth-order valence-corrected chi connectivity index (χ4v) is 1.87. The minimum Gasteiger partial charge on any atom is -0.347 e. The van der Waals surface area contributed by atoms with E-state index in [2.05, 4.69) is 4.57 Å². The topological polar surface area (TPSA) is 62.0 Å². The number of hydrogen-bond acceptors (Lipinski definition) is 2. The van der Waals surface area contributed by atoms with Crippen LogP contribution in [0.5, 0.6) is 0 Å². The molecule has 1 aromatic heterocycles. The van der Waals surface area contributed by atoms with Crippen LogP contribution >= 0.6 is 0 Å². The Hall–Kier alpha value is -1.68. The van der Waals surface area contributed by atoms with E-state index in [1.54, 1.807) is 6.07 Å². The number of nitrogens with one attached hydrogen (secondary N) is 1. The molecule has 1 heterocycles. The highest BCUT2D eigenvalue weighted by Gasteiger charge is 2.11. The Morgan fingerprint density at radius 2 is 2.12 bits per heavy atom. The van der Waals surface area contributed by atoms with Crippen LogP contribution in [0.2, 0.25) is 0 Å². The number of aryl methyl sites for hydroxylation is 1. The summed E-state index contributed by atoms with van der Waals surface area (Å²) in [7, 11) is 0. The molecule has 4 nitrogen and oxygen atoms in total. The van der Waals surface area contributed by atoms with Crippen molar-refractivity contribution in [1.29, 1.82) is 0 Å². The molecule has 0 radical (unpaired) electrons. The van der Waals surface area contributed by atoms with Crippen LogP contribution < -0.4 is 10.9 Å². The monoisotopic (exact) mass is 232 g/mol. The van der Waals surface area contributed by atoms with E-state index in [1.807, 2.05) is 43.4 Å². The summed E-state index contributed by atoms with van der Waals surface area (Å²) in [5, 5.41) is 2.98. The minimum atomic E-state index is -0.160. The number of nitrogens with zero attached hydrogens (tertiary/aromatic N) is 1. The molecule has 0 amide bonds. The summed E-state index contributed by atoms with van der Waals surface area (Å²) < 4.78 is 2.17. The predicted molar refractivity (Wildman–Crippen MR) is 68.8 cm³/mol. The molecule has 0 aliphatic carbocycles. The van der Waals surface area contributed by atoms with Crippen LogP contribution in [0.25, 0.3) is 10.9 Å². The summed E-state index contributed by atoms with van der Waals surface area (Å²) in [6, 6.07) is 7.62. The van der Waals surface area contributed by atoms with Crippen molar-refractivity contribution in [2.45, 2.75) is 32.4 Å². The highest BCUT2D eigenvalue weighted by molar-refractivity contribution is 5.82. The van der Waals surface area contributed by atoms with Gasteiger partial charge in [0.2, 0.25) is 0 Å². The number of nitrogens with two attached hydrogens (primary N) is 1. The van der Waals surface area contributed by atoms with Gasteiger partial charge in [0, 0.05) is 51.4 Å². The zero-order chi connectivity index (χ0) is 12.5. The number of benzene rings is 1. The molecule has 0 spiro atoms. The van der Waals surface area contributed by atoms with E-state index < -0.39 is 0 Å². The van der Waals surface area contributed by atoms with E-state index in [9.17, 15) is 4.91 Å². The Balaban J connectivity index is 2.27. The molecule has 0 aliphatic heterocycles. The third kappa shape index (κ3) is 2.71. The Labute approximate surface area is 100 Å². The van der Waals surface area contributed by atoms with Crippen LogP contribution in [-0.4, -0.2) is 10.1 Å². The molecule has 0 saturated heterocycles. The number of rotatable bonds is 4. The predicted octanol–water partition coefficient (Wildman–Crippen LogP) is 1.25. The first-order chi connectivity index (χ1) is 7.99. The molecule has 17 heavy (non-hydrogen) atoms. The molecule has 1 aromatic carbocycles. The molecule has 3 N–H and O–H groups in total. The van der Waals surface area contributed by atoms with Crippen LogP contribution in [0.4, 0.5) is 5.69 Å². The Morgan fingerprint density at radius 1 is 1.35 bits per heavy atom. The summed E-state index contributed by atoms with van der Waals surface area (Å²) >= 11 is 0. The third-order valence-corrected chi connectivity index (χ3v) is 2.89. The maximum atomic E-state index is 10.6. The number of nitroso groups, excluding NO2 is 1. The Bertz CT molecular complexity index is 537. The van der Waals surface area contributed by atoms with Crippen LogP contribution in [-0.2, 0) is 6.54 Å². The van der Waals surface area contributed by atoms with E-state index >= 15 is 0 Å². The van der Waals surface area contributed by atoms with Crippen LogP contribution in [0.3, 0.4) is 0 Å². The van der Waals surface area contributed by atoms with Gasteiger partial charge < -0.3 is 10.3 Å². The lowest BCUT2D eigenvalue weighted by molar-refractivity contribution is -0.379. The molecular formula is C13H18N3O+. The first-order valence-corrected chi connectivity index (χ1v) is 5.75. The van der Waals surface area contributed by atoms with Crippen LogP contribution in [0.15, 0.2) is 30.5 Å². The van der Waals surface area contributed by atoms with Crippen molar-refractivity contribution < 1.29 is 5.18 Å². The molecule has 2 rings (SSSR count). The fraction of sp³-hybridized carbons (Fsp3) is 0.385. The summed E-state index contributed by atoms with van der Waals surface area (Å²) in [6.07, 6.45) is 2.95. The fourth-order valence-electron chi connectivity index (χ4n) is 1.87. The zero-order valence-corrected chi connectivity index (χ0v) is 10.2. The van der Waals surface area contributed by atoms with Gasteiger partial charge in [-0.1, -0.05) is 0 Å². The van der Waals surface area contributed by atoms with E-state index in [4.69, 9.17) is 5.73 Å². The van der Waals surface area contributed by atoms with Crippen molar-refractivity contribution in [2.24, 2.45) is 5.73 Å². The largest absolute Gasteiger partial charge is 0.347 e. The van der Waals surface area contributed by atoms with Crippen molar-refractivity contribution in [3.05, 3.63) is 35.4 Å². The van der Waals surface area contributed by atoms with Gasteiger partial charge in [0.15, 0.2) is 0 Å². The summed E-state index contributed by atoms with van der Waals surface area (Å²) in [5.74, 6) is 0. The summed E-state index contributed by atoms with van der Waals surface area (Å²) in [5.41, 5.74) is 7.54. The third-order valence-electron chi connectivity index (χ3n) is 2.89. The van der Waals surface area contributed by atoms with Crippen LogP contribution in [0.1, 0.15) is 20.3 Å². The molecule has 0 saturated carbocycles. The Morgan fingerprint density at radius 3 is 2.76 bits per heavy atom. The van der Waals surface area contributed by atoms with Crippen molar-refractivity contribution in [1.82, 2.24) is 4.57 Å². The van der Waals surface area contributed by atoms with Gasteiger partial charge in [-0.15, -0.1) is 0 Å². The minimum absolute atomic E-state index is 0.160. The molecule has 90 valence electrons. The standard InChI is InChI=1S/C13H17N3O/c1-13(2,14)6-8-16-7-5-10-9-11(15-17)3-4-12(10)16/h3-5,7,9H,6,8,14H2,1-2H3/p+1. The number of hydrogen-bond donors (Lipinski definition) is 2. The van der Waals surface area contributed by atoms with Gasteiger partial charge in [0.25, 0.3) is 5.69 Å². The second kappa shape index (κ2) is 4.30. The van der Waals surface area contributed by atoms with Gasteiger partial charge in [0.1, 0.15) is 0 Å². The Kier molecular flexibility index (Phi) is 2.98. The zero-order valence-electron chi connectivity index (χ0n) is 10.2. The average molecular weight is 232 g/mol. The van der Waals surface area contributed by atoms with E-state index in [0.29, 0.717) is 5.69 Å². The van der Waals surface area contributed by atoms with Crippen molar-refractivity contribution in [3.63, 3.8) is 0 Å². The van der Waals surface area contributed by atoms with Gasteiger partial charge in [0.05, 0.1) is 0 Å². The maximum absolute atomic E-state index is 10.6. The maximum Gasteiger partial charge on any atom is 0.254 e. The molecule has 2 aromatic rings. The SMILES string of the molecule is CC(C)(N)CCn1ccc2cc([NH+]=O)ccc21. The lowest BCUT2D eigenvalue weighted by atomic mass is 10.0. The highest BCUT2D eigenvalue weighted by atomic mass is 16.3. The average Bonchev–Trinajstić information content (AvgIpc) is 2.67.